The van der Waals surface area contributed by atoms with Crippen LogP contribution in [0, 0.1) is 0 Å². The lowest BCUT2D eigenvalue weighted by molar-refractivity contribution is 0.0945. The van der Waals surface area contributed by atoms with E-state index >= 15 is 0 Å². The summed E-state index contributed by atoms with van der Waals surface area (Å²) < 4.78 is 1.68. The number of thiophene rings is 1. The molecule has 1 amide bonds. The van der Waals surface area contributed by atoms with Crippen LogP contribution in [0.25, 0.3) is 16.3 Å². The van der Waals surface area contributed by atoms with Crippen LogP contribution in [0.2, 0.25) is 5.02 Å². The average molecular weight is 374 g/mol. The molecule has 2 heterocycles. The second kappa shape index (κ2) is 8.32. The van der Waals surface area contributed by atoms with E-state index in [2.05, 4.69) is 17.3 Å². The fourth-order valence-electron chi connectivity index (χ4n) is 2.53. The summed E-state index contributed by atoms with van der Waals surface area (Å²) >= 11 is 7.58. The maximum atomic E-state index is 12.7. The summed E-state index contributed by atoms with van der Waals surface area (Å²) in [6, 6.07) is 13.1. The van der Waals surface area contributed by atoms with Crippen LogP contribution in [0.4, 0.5) is 0 Å². The van der Waals surface area contributed by atoms with Crippen molar-refractivity contribution in [3.8, 4) is 16.3 Å². The van der Waals surface area contributed by atoms with Gasteiger partial charge in [-0.2, -0.15) is 5.10 Å². The molecule has 0 aliphatic heterocycles. The Hall–Kier alpha value is -2.11. The molecule has 0 fully saturated rings. The molecule has 6 heteroatoms. The van der Waals surface area contributed by atoms with Crippen LogP contribution in [-0.4, -0.2) is 22.2 Å². The second-order valence-corrected chi connectivity index (χ2v) is 7.13. The maximum absolute atomic E-state index is 12.7. The van der Waals surface area contributed by atoms with Gasteiger partial charge < -0.3 is 5.32 Å². The smallest absolute Gasteiger partial charge is 0.270 e. The first-order valence-electron chi connectivity index (χ1n) is 8.37. The van der Waals surface area contributed by atoms with Crippen molar-refractivity contribution in [2.24, 2.45) is 0 Å². The van der Waals surface area contributed by atoms with Gasteiger partial charge in [-0.1, -0.05) is 37.4 Å². The second-order valence-electron chi connectivity index (χ2n) is 5.74. The van der Waals surface area contributed by atoms with E-state index in [1.165, 1.54) is 0 Å². The van der Waals surface area contributed by atoms with Gasteiger partial charge in [0.15, 0.2) is 0 Å². The van der Waals surface area contributed by atoms with Gasteiger partial charge in [0.05, 0.1) is 10.6 Å². The molecule has 4 nitrogen and oxygen atoms in total. The number of carbonyl (C=O) groups excluding carboxylic acids is 1. The highest BCUT2D eigenvalue weighted by atomic mass is 35.5. The standard InChI is InChI=1S/C19H20ClN3OS/c1-2-3-4-11-21-19(24)17-13-16(18-6-5-12-25-18)22-23(17)15-9-7-14(20)8-10-15/h5-10,12-13H,2-4,11H2,1H3,(H,21,24). The minimum absolute atomic E-state index is 0.110. The summed E-state index contributed by atoms with van der Waals surface area (Å²) in [6.45, 7) is 2.82. The molecule has 0 spiro atoms. The van der Waals surface area contributed by atoms with Crippen LogP contribution < -0.4 is 5.32 Å². The first-order chi connectivity index (χ1) is 12.2. The minimum Gasteiger partial charge on any atom is -0.351 e. The zero-order valence-electron chi connectivity index (χ0n) is 14.0. The first-order valence-corrected chi connectivity index (χ1v) is 9.63. The van der Waals surface area contributed by atoms with E-state index in [0.717, 1.165) is 35.5 Å². The molecule has 0 aliphatic carbocycles. The van der Waals surface area contributed by atoms with Gasteiger partial charge in [-0.3, -0.25) is 4.79 Å². The molecular formula is C19H20ClN3OS. The van der Waals surface area contributed by atoms with Gasteiger partial charge in [-0.15, -0.1) is 11.3 Å². The predicted molar refractivity (Wildman–Crippen MR) is 104 cm³/mol. The monoisotopic (exact) mass is 373 g/mol. The van der Waals surface area contributed by atoms with Crippen LogP contribution >= 0.6 is 22.9 Å². The largest absolute Gasteiger partial charge is 0.351 e. The van der Waals surface area contributed by atoms with Crippen molar-refractivity contribution < 1.29 is 4.79 Å². The van der Waals surface area contributed by atoms with Crippen molar-refractivity contribution in [1.29, 1.82) is 0 Å². The number of hydrogen-bond acceptors (Lipinski definition) is 3. The van der Waals surface area contributed by atoms with Gasteiger partial charge in [-0.25, -0.2) is 4.68 Å². The quantitative estimate of drug-likeness (QED) is 0.580. The Morgan fingerprint density at radius 3 is 2.72 bits per heavy atom. The van der Waals surface area contributed by atoms with Gasteiger partial charge in [0.2, 0.25) is 0 Å². The SMILES string of the molecule is CCCCCNC(=O)c1cc(-c2cccs2)nn1-c1ccc(Cl)cc1. The van der Waals surface area contributed by atoms with E-state index < -0.39 is 0 Å². The molecule has 3 aromatic rings. The zero-order chi connectivity index (χ0) is 17.6. The number of benzene rings is 1. The topological polar surface area (TPSA) is 46.9 Å². The van der Waals surface area contributed by atoms with Crippen molar-refractivity contribution in [3.05, 3.63) is 58.6 Å². The summed E-state index contributed by atoms with van der Waals surface area (Å²) in [7, 11) is 0. The Balaban J connectivity index is 1.91. The molecule has 0 bridgehead atoms. The third kappa shape index (κ3) is 4.30. The van der Waals surface area contributed by atoms with Crippen molar-refractivity contribution >= 4 is 28.8 Å². The van der Waals surface area contributed by atoms with Crippen LogP contribution in [0.3, 0.4) is 0 Å². The number of aromatic nitrogens is 2. The Morgan fingerprint density at radius 1 is 1.24 bits per heavy atom. The van der Waals surface area contributed by atoms with Gasteiger partial charge in [0.25, 0.3) is 5.91 Å². The lowest BCUT2D eigenvalue weighted by atomic mass is 10.2. The molecular weight excluding hydrogens is 354 g/mol. The highest BCUT2D eigenvalue weighted by Gasteiger charge is 2.17. The van der Waals surface area contributed by atoms with E-state index in [1.54, 1.807) is 28.2 Å². The Morgan fingerprint density at radius 2 is 2.04 bits per heavy atom. The van der Waals surface area contributed by atoms with E-state index in [-0.39, 0.29) is 5.91 Å². The van der Waals surface area contributed by atoms with Crippen LogP contribution in [-0.2, 0) is 0 Å². The predicted octanol–water partition coefficient (Wildman–Crippen LogP) is 5.17. The molecule has 25 heavy (non-hydrogen) atoms. The van der Waals surface area contributed by atoms with Crippen LogP contribution in [0.5, 0.6) is 0 Å². The summed E-state index contributed by atoms with van der Waals surface area (Å²) in [5.41, 5.74) is 2.14. The average Bonchev–Trinajstić information content (AvgIpc) is 3.28. The summed E-state index contributed by atoms with van der Waals surface area (Å²) in [5, 5.41) is 10.3. The van der Waals surface area contributed by atoms with E-state index in [0.29, 0.717) is 17.3 Å². The van der Waals surface area contributed by atoms with Gasteiger partial charge >= 0.3 is 0 Å². The molecule has 0 saturated carbocycles. The number of unbranched alkanes of at least 4 members (excludes halogenated alkanes) is 2. The van der Waals surface area contributed by atoms with Crippen molar-refractivity contribution in [3.63, 3.8) is 0 Å². The number of carbonyl (C=O) groups is 1. The minimum atomic E-state index is -0.110. The summed E-state index contributed by atoms with van der Waals surface area (Å²) in [4.78, 5) is 13.7. The van der Waals surface area contributed by atoms with E-state index in [1.807, 2.05) is 35.7 Å². The van der Waals surface area contributed by atoms with Gasteiger partial charge in [-0.05, 0) is 48.2 Å². The molecule has 1 aromatic carbocycles. The van der Waals surface area contributed by atoms with Crippen molar-refractivity contribution in [1.82, 2.24) is 15.1 Å². The Labute approximate surface area is 156 Å². The number of nitrogens with zero attached hydrogens (tertiary/aromatic N) is 2. The maximum Gasteiger partial charge on any atom is 0.270 e. The fraction of sp³-hybridized carbons (Fsp3) is 0.263. The molecule has 0 saturated heterocycles. The molecule has 0 radical (unpaired) electrons. The van der Waals surface area contributed by atoms with Gasteiger partial charge in [0, 0.05) is 11.6 Å². The molecule has 0 unspecified atom stereocenters. The molecule has 0 aliphatic rings. The number of nitrogens with one attached hydrogen (secondary N) is 1. The Kier molecular flexibility index (Phi) is 5.89. The molecule has 130 valence electrons. The third-order valence-electron chi connectivity index (χ3n) is 3.85. The van der Waals surface area contributed by atoms with E-state index in [9.17, 15) is 4.79 Å². The fourth-order valence-corrected chi connectivity index (χ4v) is 3.34. The lowest BCUT2D eigenvalue weighted by Gasteiger charge is -2.08. The normalized spacial score (nSPS) is 10.8. The third-order valence-corrected chi connectivity index (χ3v) is 5.00. The van der Waals surface area contributed by atoms with E-state index in [4.69, 9.17) is 11.6 Å². The summed E-state index contributed by atoms with van der Waals surface area (Å²) in [5.74, 6) is -0.110. The Bertz CT molecular complexity index is 825. The summed E-state index contributed by atoms with van der Waals surface area (Å²) in [6.07, 6.45) is 3.22. The number of amides is 1. The first kappa shape index (κ1) is 17.7. The number of rotatable bonds is 7. The highest BCUT2D eigenvalue weighted by molar-refractivity contribution is 7.13. The highest BCUT2D eigenvalue weighted by Crippen LogP contribution is 2.26. The number of halogens is 1. The van der Waals surface area contributed by atoms with Crippen molar-refractivity contribution in [2.45, 2.75) is 26.2 Å². The van der Waals surface area contributed by atoms with Crippen molar-refractivity contribution in [2.75, 3.05) is 6.54 Å². The molecule has 1 N–H and O–H groups in total. The van der Waals surface area contributed by atoms with Gasteiger partial charge in [0.1, 0.15) is 11.4 Å². The molecule has 0 atom stereocenters. The lowest BCUT2D eigenvalue weighted by Crippen LogP contribution is -2.26. The van der Waals surface area contributed by atoms with Crippen LogP contribution in [0.1, 0.15) is 36.7 Å². The van der Waals surface area contributed by atoms with Crippen LogP contribution in [0.15, 0.2) is 47.8 Å². The number of hydrogen-bond donors (Lipinski definition) is 1. The zero-order valence-corrected chi connectivity index (χ0v) is 15.6. The molecule has 3 rings (SSSR count). The molecule has 2 aromatic heterocycles.